The molecular weight excluding hydrogens is 404 g/mol. The van der Waals surface area contributed by atoms with Crippen molar-refractivity contribution in [1.82, 2.24) is 14.8 Å². The summed E-state index contributed by atoms with van der Waals surface area (Å²) in [6, 6.07) is 9.18. The Bertz CT molecular complexity index is 1060. The molecule has 0 saturated heterocycles. The standard InChI is InChI=1S/C21H24N4O4S/c1-5-29-16-8-6-7-15(12-16)20-23-24-21(30-20)22-19(27)18(26)17-11-13(2)25(14(17)3)9-10-28-4/h6-8,11-12H,5,9-10H2,1-4H3,(H,22,24,27). The van der Waals surface area contributed by atoms with Gasteiger partial charge in [0.15, 0.2) is 0 Å². The Labute approximate surface area is 178 Å². The number of aryl methyl sites for hydroxylation is 1. The smallest absolute Gasteiger partial charge is 0.298 e. The van der Waals surface area contributed by atoms with Gasteiger partial charge in [0.25, 0.3) is 11.7 Å². The van der Waals surface area contributed by atoms with Crippen LogP contribution in [-0.4, -0.2) is 46.8 Å². The van der Waals surface area contributed by atoms with E-state index in [-0.39, 0.29) is 5.13 Å². The molecule has 2 aromatic heterocycles. The predicted molar refractivity (Wildman–Crippen MR) is 115 cm³/mol. The molecule has 0 saturated carbocycles. The number of benzene rings is 1. The quantitative estimate of drug-likeness (QED) is 0.414. The summed E-state index contributed by atoms with van der Waals surface area (Å²) in [6.45, 7) is 7.33. The Hall–Kier alpha value is -3.04. The van der Waals surface area contributed by atoms with Crippen LogP contribution in [-0.2, 0) is 16.1 Å². The normalized spacial score (nSPS) is 10.8. The average molecular weight is 429 g/mol. The van der Waals surface area contributed by atoms with E-state index in [0.717, 1.165) is 22.7 Å². The molecule has 0 aliphatic carbocycles. The highest BCUT2D eigenvalue weighted by molar-refractivity contribution is 7.18. The van der Waals surface area contributed by atoms with Crippen LogP contribution in [0.2, 0.25) is 0 Å². The van der Waals surface area contributed by atoms with Crippen molar-refractivity contribution in [3.8, 4) is 16.3 Å². The molecule has 2 heterocycles. The van der Waals surface area contributed by atoms with Crippen LogP contribution in [0, 0.1) is 13.8 Å². The molecule has 0 aliphatic rings. The molecule has 0 fully saturated rings. The van der Waals surface area contributed by atoms with Gasteiger partial charge in [0.1, 0.15) is 10.8 Å². The fourth-order valence-corrected chi connectivity index (χ4v) is 3.84. The number of hydrogen-bond acceptors (Lipinski definition) is 7. The number of carbonyl (C=O) groups is 2. The second-order valence-corrected chi connectivity index (χ2v) is 7.56. The number of amides is 1. The lowest BCUT2D eigenvalue weighted by Crippen LogP contribution is -2.23. The predicted octanol–water partition coefficient (Wildman–Crippen LogP) is 3.49. The Kier molecular flexibility index (Phi) is 6.96. The summed E-state index contributed by atoms with van der Waals surface area (Å²) >= 11 is 1.19. The van der Waals surface area contributed by atoms with Gasteiger partial charge in [-0.05, 0) is 39.0 Å². The van der Waals surface area contributed by atoms with Crippen LogP contribution in [0.3, 0.4) is 0 Å². The van der Waals surface area contributed by atoms with Crippen molar-refractivity contribution >= 4 is 28.2 Å². The van der Waals surface area contributed by atoms with Gasteiger partial charge in [-0.1, -0.05) is 23.5 Å². The molecule has 0 aliphatic heterocycles. The Morgan fingerprint density at radius 3 is 2.73 bits per heavy atom. The van der Waals surface area contributed by atoms with Crippen molar-refractivity contribution in [2.24, 2.45) is 0 Å². The number of nitrogens with zero attached hydrogens (tertiary/aromatic N) is 3. The maximum Gasteiger partial charge on any atom is 0.298 e. The maximum atomic E-state index is 12.7. The first-order valence-corrected chi connectivity index (χ1v) is 10.3. The van der Waals surface area contributed by atoms with Crippen LogP contribution in [0.1, 0.15) is 28.7 Å². The zero-order valence-electron chi connectivity index (χ0n) is 17.4. The molecule has 1 amide bonds. The van der Waals surface area contributed by atoms with Crippen molar-refractivity contribution in [2.45, 2.75) is 27.3 Å². The van der Waals surface area contributed by atoms with Gasteiger partial charge in [0.05, 0.1) is 13.2 Å². The van der Waals surface area contributed by atoms with Crippen molar-refractivity contribution in [3.63, 3.8) is 0 Å². The minimum absolute atomic E-state index is 0.262. The van der Waals surface area contributed by atoms with Gasteiger partial charge < -0.3 is 14.0 Å². The van der Waals surface area contributed by atoms with Gasteiger partial charge in [-0.25, -0.2) is 0 Å². The SMILES string of the molecule is CCOc1cccc(-c2nnc(NC(=O)C(=O)c3cc(C)n(CCOC)c3C)s2)c1. The number of aromatic nitrogens is 3. The Morgan fingerprint density at radius 1 is 1.20 bits per heavy atom. The molecule has 3 aromatic rings. The molecule has 158 valence electrons. The minimum atomic E-state index is -0.743. The molecule has 0 spiro atoms. The first kappa shape index (κ1) is 21.7. The summed E-state index contributed by atoms with van der Waals surface area (Å²) in [5, 5.41) is 11.5. The molecule has 0 bridgehead atoms. The average Bonchev–Trinajstić information content (AvgIpc) is 3.31. The van der Waals surface area contributed by atoms with E-state index < -0.39 is 11.7 Å². The Balaban J connectivity index is 1.73. The van der Waals surface area contributed by atoms with Crippen LogP contribution < -0.4 is 10.1 Å². The van der Waals surface area contributed by atoms with E-state index >= 15 is 0 Å². The van der Waals surface area contributed by atoms with Gasteiger partial charge >= 0.3 is 0 Å². The third kappa shape index (κ3) is 4.74. The lowest BCUT2D eigenvalue weighted by molar-refractivity contribution is -0.112. The number of rotatable bonds is 9. The summed E-state index contributed by atoms with van der Waals surface area (Å²) < 4.78 is 12.6. The monoisotopic (exact) mass is 428 g/mol. The number of methoxy groups -OCH3 is 1. The number of ketones is 1. The minimum Gasteiger partial charge on any atom is -0.494 e. The van der Waals surface area contributed by atoms with Gasteiger partial charge in [0.2, 0.25) is 5.13 Å². The van der Waals surface area contributed by atoms with Gasteiger partial charge in [-0.2, -0.15) is 0 Å². The first-order chi connectivity index (χ1) is 14.4. The van der Waals surface area contributed by atoms with Gasteiger partial charge in [0, 0.05) is 36.2 Å². The molecule has 0 radical (unpaired) electrons. The maximum absolute atomic E-state index is 12.7. The van der Waals surface area contributed by atoms with Crippen LogP contribution in [0.5, 0.6) is 5.75 Å². The van der Waals surface area contributed by atoms with Crippen molar-refractivity contribution < 1.29 is 19.1 Å². The lowest BCUT2D eigenvalue weighted by atomic mass is 10.1. The van der Waals surface area contributed by atoms with Crippen molar-refractivity contribution in [3.05, 3.63) is 47.3 Å². The van der Waals surface area contributed by atoms with Crippen LogP contribution in [0.15, 0.2) is 30.3 Å². The second kappa shape index (κ2) is 9.64. The summed E-state index contributed by atoms with van der Waals surface area (Å²) in [4.78, 5) is 25.2. The summed E-state index contributed by atoms with van der Waals surface area (Å²) in [7, 11) is 1.62. The molecule has 0 unspecified atom stereocenters. The highest BCUT2D eigenvalue weighted by Gasteiger charge is 2.23. The fraction of sp³-hybridized carbons (Fsp3) is 0.333. The summed E-state index contributed by atoms with van der Waals surface area (Å²) in [5.74, 6) is -0.621. The van der Waals surface area contributed by atoms with Gasteiger partial charge in [-0.3, -0.25) is 14.9 Å². The number of nitrogens with one attached hydrogen (secondary N) is 1. The molecule has 0 atom stereocenters. The van der Waals surface area contributed by atoms with E-state index in [2.05, 4.69) is 15.5 Å². The third-order valence-electron chi connectivity index (χ3n) is 4.58. The van der Waals surface area contributed by atoms with Crippen LogP contribution in [0.25, 0.3) is 10.6 Å². The zero-order valence-corrected chi connectivity index (χ0v) is 18.2. The van der Waals surface area contributed by atoms with Crippen LogP contribution >= 0.6 is 11.3 Å². The van der Waals surface area contributed by atoms with E-state index in [9.17, 15) is 9.59 Å². The molecular formula is C21H24N4O4S. The first-order valence-electron chi connectivity index (χ1n) is 9.52. The number of Topliss-reactive ketones (excluding diaryl/α,β-unsaturated/α-hetero) is 1. The van der Waals surface area contributed by atoms with Crippen molar-refractivity contribution in [1.29, 1.82) is 0 Å². The number of anilines is 1. The van der Waals surface area contributed by atoms with Crippen molar-refractivity contribution in [2.75, 3.05) is 25.6 Å². The van der Waals surface area contributed by atoms with E-state index in [0.29, 0.717) is 30.3 Å². The Morgan fingerprint density at radius 2 is 2.00 bits per heavy atom. The largest absolute Gasteiger partial charge is 0.494 e. The number of hydrogen-bond donors (Lipinski definition) is 1. The lowest BCUT2D eigenvalue weighted by Gasteiger charge is -2.08. The third-order valence-corrected chi connectivity index (χ3v) is 5.47. The molecule has 8 nitrogen and oxygen atoms in total. The second-order valence-electron chi connectivity index (χ2n) is 6.59. The van der Waals surface area contributed by atoms with Gasteiger partial charge in [-0.15, -0.1) is 10.2 Å². The van der Waals surface area contributed by atoms with Crippen LogP contribution in [0.4, 0.5) is 5.13 Å². The van der Waals surface area contributed by atoms with E-state index in [1.807, 2.05) is 49.6 Å². The summed E-state index contributed by atoms with van der Waals surface area (Å²) in [5.41, 5.74) is 2.82. The topological polar surface area (TPSA) is 95.3 Å². The highest BCUT2D eigenvalue weighted by Crippen LogP contribution is 2.29. The highest BCUT2D eigenvalue weighted by atomic mass is 32.1. The van der Waals surface area contributed by atoms with E-state index in [1.54, 1.807) is 13.2 Å². The number of carbonyl (C=O) groups excluding carboxylic acids is 2. The molecule has 9 heteroatoms. The zero-order chi connectivity index (χ0) is 21.7. The fourth-order valence-electron chi connectivity index (χ4n) is 3.11. The molecule has 1 N–H and O–H groups in total. The molecule has 1 aromatic carbocycles. The molecule has 30 heavy (non-hydrogen) atoms. The molecule has 3 rings (SSSR count). The number of ether oxygens (including phenoxy) is 2. The summed E-state index contributed by atoms with van der Waals surface area (Å²) in [6.07, 6.45) is 0. The van der Waals surface area contributed by atoms with E-state index in [1.165, 1.54) is 11.3 Å². The van der Waals surface area contributed by atoms with E-state index in [4.69, 9.17) is 9.47 Å².